The van der Waals surface area contributed by atoms with Gasteiger partial charge in [-0.1, -0.05) is 13.3 Å². The van der Waals surface area contributed by atoms with E-state index >= 15 is 0 Å². The third-order valence-electron chi connectivity index (χ3n) is 4.72. The van der Waals surface area contributed by atoms with E-state index in [9.17, 15) is 9.59 Å². The predicted octanol–water partition coefficient (Wildman–Crippen LogP) is 1.47. The maximum absolute atomic E-state index is 12.5. The average molecular weight is 297 g/mol. The topological polar surface area (TPSA) is 66.6 Å². The second-order valence-corrected chi connectivity index (χ2v) is 6.24. The van der Waals surface area contributed by atoms with Gasteiger partial charge in [0.2, 0.25) is 11.8 Å². The fourth-order valence-electron chi connectivity index (χ4n) is 3.23. The van der Waals surface area contributed by atoms with Crippen molar-refractivity contribution in [3.63, 3.8) is 0 Å². The summed E-state index contributed by atoms with van der Waals surface area (Å²) in [5.74, 6) is 0.385. The van der Waals surface area contributed by atoms with E-state index in [2.05, 4.69) is 0 Å². The summed E-state index contributed by atoms with van der Waals surface area (Å²) < 4.78 is 0. The molecule has 0 spiro atoms. The molecular formula is C16H31N3O2. The molecule has 1 saturated carbocycles. The molecule has 0 aliphatic heterocycles. The minimum absolute atomic E-state index is 0.0170. The maximum Gasteiger partial charge on any atom is 0.242 e. The third-order valence-corrected chi connectivity index (χ3v) is 4.72. The first-order valence-electron chi connectivity index (χ1n) is 8.18. The number of hydrogen-bond donors (Lipinski definition) is 1. The van der Waals surface area contributed by atoms with Gasteiger partial charge in [-0.2, -0.15) is 0 Å². The summed E-state index contributed by atoms with van der Waals surface area (Å²) in [5, 5.41) is 0. The zero-order chi connectivity index (χ0) is 16.0. The highest BCUT2D eigenvalue weighted by atomic mass is 16.2. The highest BCUT2D eigenvalue weighted by Crippen LogP contribution is 2.30. The van der Waals surface area contributed by atoms with Gasteiger partial charge in [-0.15, -0.1) is 0 Å². The van der Waals surface area contributed by atoms with Crippen LogP contribution in [0.15, 0.2) is 0 Å². The standard InChI is InChI=1S/C16H31N3O2/c1-5-19(6-2)15(20)11-18(4)16(21)12(3)13-8-7-9-14(17)10-13/h12-14H,5-11,17H2,1-4H3. The lowest BCUT2D eigenvalue weighted by molar-refractivity contribution is -0.142. The Bertz CT molecular complexity index is 355. The summed E-state index contributed by atoms with van der Waals surface area (Å²) in [6.45, 7) is 7.42. The van der Waals surface area contributed by atoms with E-state index in [0.29, 0.717) is 19.0 Å². The summed E-state index contributed by atoms with van der Waals surface area (Å²) in [7, 11) is 1.73. The van der Waals surface area contributed by atoms with Crippen LogP contribution in [-0.4, -0.2) is 54.3 Å². The summed E-state index contributed by atoms with van der Waals surface area (Å²) >= 11 is 0. The van der Waals surface area contributed by atoms with Crippen LogP contribution >= 0.6 is 0 Å². The number of rotatable bonds is 6. The van der Waals surface area contributed by atoms with Crippen molar-refractivity contribution in [3.05, 3.63) is 0 Å². The normalized spacial score (nSPS) is 23.5. The average Bonchev–Trinajstić information content (AvgIpc) is 2.46. The molecule has 0 radical (unpaired) electrons. The summed E-state index contributed by atoms with van der Waals surface area (Å²) in [4.78, 5) is 27.9. The van der Waals surface area contributed by atoms with Crippen LogP contribution in [0, 0.1) is 11.8 Å². The van der Waals surface area contributed by atoms with E-state index in [1.165, 1.54) is 0 Å². The van der Waals surface area contributed by atoms with E-state index in [0.717, 1.165) is 25.7 Å². The minimum Gasteiger partial charge on any atom is -0.342 e. The number of carbonyl (C=O) groups excluding carboxylic acids is 2. The van der Waals surface area contributed by atoms with Gasteiger partial charge in [0.1, 0.15) is 0 Å². The van der Waals surface area contributed by atoms with Crippen LogP contribution in [0.25, 0.3) is 0 Å². The molecule has 21 heavy (non-hydrogen) atoms. The number of nitrogens with two attached hydrogens (primary N) is 1. The second kappa shape index (κ2) is 8.37. The summed E-state index contributed by atoms with van der Waals surface area (Å²) in [6.07, 6.45) is 4.16. The SMILES string of the molecule is CCN(CC)C(=O)CN(C)C(=O)C(C)C1CCCC(N)C1. The lowest BCUT2D eigenvalue weighted by atomic mass is 9.78. The number of likely N-dealkylation sites (N-methyl/N-ethyl adjacent to an activating group) is 2. The van der Waals surface area contributed by atoms with Crippen LogP contribution < -0.4 is 5.73 Å². The molecular weight excluding hydrogens is 266 g/mol. The molecule has 3 unspecified atom stereocenters. The van der Waals surface area contributed by atoms with Gasteiger partial charge in [0.15, 0.2) is 0 Å². The number of nitrogens with zero attached hydrogens (tertiary/aromatic N) is 2. The second-order valence-electron chi connectivity index (χ2n) is 6.24. The summed E-state index contributed by atoms with van der Waals surface area (Å²) in [6, 6.07) is 0.224. The molecule has 2 amide bonds. The smallest absolute Gasteiger partial charge is 0.242 e. The molecule has 1 fully saturated rings. The van der Waals surface area contributed by atoms with E-state index in [1.54, 1.807) is 16.8 Å². The Hall–Kier alpha value is -1.10. The quantitative estimate of drug-likeness (QED) is 0.807. The first kappa shape index (κ1) is 18.0. The molecule has 0 aromatic carbocycles. The molecule has 122 valence electrons. The monoisotopic (exact) mass is 297 g/mol. The van der Waals surface area contributed by atoms with Crippen molar-refractivity contribution >= 4 is 11.8 Å². The lowest BCUT2D eigenvalue weighted by Crippen LogP contribution is -2.44. The fourth-order valence-corrected chi connectivity index (χ4v) is 3.23. The minimum atomic E-state index is -0.0501. The van der Waals surface area contributed by atoms with Crippen molar-refractivity contribution < 1.29 is 9.59 Å². The predicted molar refractivity (Wildman–Crippen MR) is 84.7 cm³/mol. The summed E-state index contributed by atoms with van der Waals surface area (Å²) in [5.41, 5.74) is 6.01. The Balaban J connectivity index is 2.54. The highest BCUT2D eigenvalue weighted by Gasteiger charge is 2.30. The number of amides is 2. The van der Waals surface area contributed by atoms with Crippen LogP contribution in [0.1, 0.15) is 46.5 Å². The van der Waals surface area contributed by atoms with Gasteiger partial charge in [-0.05, 0) is 39.0 Å². The largest absolute Gasteiger partial charge is 0.342 e. The molecule has 1 rings (SSSR count). The van der Waals surface area contributed by atoms with E-state index in [-0.39, 0.29) is 30.3 Å². The third kappa shape index (κ3) is 4.99. The van der Waals surface area contributed by atoms with Gasteiger partial charge >= 0.3 is 0 Å². The first-order chi connectivity index (χ1) is 9.90. The van der Waals surface area contributed by atoms with Gasteiger partial charge in [0, 0.05) is 32.1 Å². The molecule has 2 N–H and O–H groups in total. The zero-order valence-corrected chi connectivity index (χ0v) is 14.0. The molecule has 0 aromatic rings. The van der Waals surface area contributed by atoms with Crippen LogP contribution in [-0.2, 0) is 9.59 Å². The van der Waals surface area contributed by atoms with Crippen molar-refractivity contribution in [1.29, 1.82) is 0 Å². The van der Waals surface area contributed by atoms with Gasteiger partial charge in [0.25, 0.3) is 0 Å². The van der Waals surface area contributed by atoms with Gasteiger partial charge in [-0.25, -0.2) is 0 Å². The fraction of sp³-hybridized carbons (Fsp3) is 0.875. The molecule has 0 aromatic heterocycles. The molecule has 1 aliphatic rings. The Morgan fingerprint density at radius 3 is 2.38 bits per heavy atom. The van der Waals surface area contributed by atoms with Gasteiger partial charge in [-0.3, -0.25) is 9.59 Å². The Morgan fingerprint density at radius 2 is 1.86 bits per heavy atom. The number of hydrogen-bond acceptors (Lipinski definition) is 3. The molecule has 0 heterocycles. The van der Waals surface area contributed by atoms with Gasteiger partial charge < -0.3 is 15.5 Å². The molecule has 0 bridgehead atoms. The molecule has 3 atom stereocenters. The Morgan fingerprint density at radius 1 is 1.24 bits per heavy atom. The Kier molecular flexibility index (Phi) is 7.15. The van der Waals surface area contributed by atoms with Crippen molar-refractivity contribution in [3.8, 4) is 0 Å². The van der Waals surface area contributed by atoms with Crippen molar-refractivity contribution in [1.82, 2.24) is 9.80 Å². The lowest BCUT2D eigenvalue weighted by Gasteiger charge is -2.33. The zero-order valence-electron chi connectivity index (χ0n) is 14.0. The molecule has 5 nitrogen and oxygen atoms in total. The van der Waals surface area contributed by atoms with Crippen LogP contribution in [0.4, 0.5) is 0 Å². The molecule has 1 aliphatic carbocycles. The van der Waals surface area contributed by atoms with E-state index in [4.69, 9.17) is 5.73 Å². The van der Waals surface area contributed by atoms with Crippen LogP contribution in [0.5, 0.6) is 0 Å². The molecule has 5 heteroatoms. The maximum atomic E-state index is 12.5. The van der Waals surface area contributed by atoms with Crippen molar-refractivity contribution in [2.24, 2.45) is 17.6 Å². The highest BCUT2D eigenvalue weighted by molar-refractivity contribution is 5.85. The van der Waals surface area contributed by atoms with Gasteiger partial charge in [0.05, 0.1) is 6.54 Å². The van der Waals surface area contributed by atoms with E-state index < -0.39 is 0 Å². The first-order valence-corrected chi connectivity index (χ1v) is 8.18. The van der Waals surface area contributed by atoms with Crippen LogP contribution in [0.3, 0.4) is 0 Å². The van der Waals surface area contributed by atoms with Crippen molar-refractivity contribution in [2.45, 2.75) is 52.5 Å². The number of carbonyl (C=O) groups is 2. The Labute approximate surface area is 128 Å². The molecule has 0 saturated heterocycles. The van der Waals surface area contributed by atoms with Crippen molar-refractivity contribution in [2.75, 3.05) is 26.7 Å². The van der Waals surface area contributed by atoms with Crippen LogP contribution in [0.2, 0.25) is 0 Å². The van der Waals surface area contributed by atoms with E-state index in [1.807, 2.05) is 20.8 Å².